The molecule has 0 heterocycles. The number of hydrogen-bond donors (Lipinski definition) is 1. The molecule has 28 heavy (non-hydrogen) atoms. The number of sulfonamides is 1. The van der Waals surface area contributed by atoms with Gasteiger partial charge in [-0.3, -0.25) is 9.10 Å². The molecule has 6 nitrogen and oxygen atoms in total. The van der Waals surface area contributed by atoms with Gasteiger partial charge in [0.25, 0.3) is 0 Å². The van der Waals surface area contributed by atoms with E-state index in [2.05, 4.69) is 5.32 Å². The number of nitrogens with zero attached hydrogens (tertiary/aromatic N) is 1. The van der Waals surface area contributed by atoms with Crippen molar-refractivity contribution in [3.63, 3.8) is 0 Å². The van der Waals surface area contributed by atoms with Crippen molar-refractivity contribution in [2.45, 2.75) is 33.4 Å². The Labute approximate surface area is 171 Å². The second kappa shape index (κ2) is 9.30. The van der Waals surface area contributed by atoms with Gasteiger partial charge in [0, 0.05) is 11.6 Å². The van der Waals surface area contributed by atoms with Crippen LogP contribution in [0.25, 0.3) is 0 Å². The molecule has 0 unspecified atom stereocenters. The summed E-state index contributed by atoms with van der Waals surface area (Å²) in [5.74, 6) is 0.355. The molecule has 0 saturated heterocycles. The van der Waals surface area contributed by atoms with Crippen LogP contribution in [0.5, 0.6) is 5.75 Å². The van der Waals surface area contributed by atoms with Crippen molar-refractivity contribution in [2.75, 3.05) is 17.1 Å². The third-order valence-corrected chi connectivity index (χ3v) is 5.26. The smallest absolute Gasteiger partial charge is 0.241 e. The first kappa shape index (κ1) is 22.0. The highest BCUT2D eigenvalue weighted by Crippen LogP contribution is 2.25. The number of anilines is 1. The van der Waals surface area contributed by atoms with Crippen LogP contribution in [0.3, 0.4) is 0 Å². The van der Waals surface area contributed by atoms with Crippen LogP contribution in [-0.2, 0) is 21.4 Å². The number of rotatable bonds is 8. The van der Waals surface area contributed by atoms with Gasteiger partial charge in [0.1, 0.15) is 12.3 Å². The van der Waals surface area contributed by atoms with Gasteiger partial charge in [0.15, 0.2) is 0 Å². The molecule has 0 radical (unpaired) electrons. The van der Waals surface area contributed by atoms with E-state index < -0.39 is 15.9 Å². The van der Waals surface area contributed by atoms with Gasteiger partial charge in [-0.1, -0.05) is 23.7 Å². The molecule has 0 aliphatic heterocycles. The summed E-state index contributed by atoms with van der Waals surface area (Å²) in [7, 11) is -3.64. The van der Waals surface area contributed by atoms with Gasteiger partial charge in [-0.25, -0.2) is 8.42 Å². The molecule has 2 aromatic rings. The van der Waals surface area contributed by atoms with Crippen molar-refractivity contribution in [1.29, 1.82) is 0 Å². The fourth-order valence-corrected chi connectivity index (χ4v) is 3.77. The number of amides is 1. The van der Waals surface area contributed by atoms with E-state index in [-0.39, 0.29) is 19.2 Å². The molecule has 0 bridgehead atoms. The zero-order chi connectivity index (χ0) is 20.9. The molecule has 152 valence electrons. The Morgan fingerprint density at radius 2 is 1.82 bits per heavy atom. The van der Waals surface area contributed by atoms with Crippen LogP contribution < -0.4 is 14.4 Å². The summed E-state index contributed by atoms with van der Waals surface area (Å²) in [6, 6.07) is 12.2. The van der Waals surface area contributed by atoms with E-state index in [0.717, 1.165) is 21.9 Å². The van der Waals surface area contributed by atoms with Crippen LogP contribution in [0, 0.1) is 6.92 Å². The van der Waals surface area contributed by atoms with Crippen LogP contribution in [0.15, 0.2) is 42.5 Å². The molecule has 0 fully saturated rings. The summed E-state index contributed by atoms with van der Waals surface area (Å²) in [6.07, 6.45) is 1.16. The molecule has 8 heteroatoms. The Morgan fingerprint density at radius 1 is 1.18 bits per heavy atom. The second-order valence-electron chi connectivity index (χ2n) is 6.79. The van der Waals surface area contributed by atoms with Crippen molar-refractivity contribution < 1.29 is 17.9 Å². The van der Waals surface area contributed by atoms with E-state index in [9.17, 15) is 13.2 Å². The molecule has 2 rings (SSSR count). The van der Waals surface area contributed by atoms with Gasteiger partial charge in [-0.15, -0.1) is 0 Å². The van der Waals surface area contributed by atoms with E-state index in [0.29, 0.717) is 16.3 Å². The van der Waals surface area contributed by atoms with Crippen LogP contribution in [0.4, 0.5) is 5.69 Å². The Hall–Kier alpha value is -2.25. The lowest BCUT2D eigenvalue weighted by Crippen LogP contribution is -2.40. The largest absolute Gasteiger partial charge is 0.491 e. The molecule has 0 saturated carbocycles. The van der Waals surface area contributed by atoms with E-state index >= 15 is 0 Å². The van der Waals surface area contributed by atoms with Crippen molar-refractivity contribution in [1.82, 2.24) is 5.32 Å². The van der Waals surface area contributed by atoms with Crippen LogP contribution in [-0.4, -0.2) is 33.2 Å². The number of carbonyl (C=O) groups is 1. The lowest BCUT2D eigenvalue weighted by atomic mass is 10.2. The first-order valence-corrected chi connectivity index (χ1v) is 11.0. The summed E-state index contributed by atoms with van der Waals surface area (Å²) >= 11 is 5.94. The number of aryl methyl sites for hydroxylation is 1. The summed E-state index contributed by atoms with van der Waals surface area (Å²) in [5.41, 5.74) is 1.99. The Kier molecular flexibility index (Phi) is 7.32. The Morgan fingerprint density at radius 3 is 2.36 bits per heavy atom. The lowest BCUT2D eigenvalue weighted by Gasteiger charge is -2.23. The average molecular weight is 425 g/mol. The van der Waals surface area contributed by atoms with Crippen molar-refractivity contribution in [2.24, 2.45) is 0 Å². The summed E-state index contributed by atoms with van der Waals surface area (Å²) < 4.78 is 31.1. The molecule has 0 spiro atoms. The topological polar surface area (TPSA) is 75.7 Å². The van der Waals surface area contributed by atoms with Gasteiger partial charge in [0.05, 0.1) is 18.0 Å². The van der Waals surface area contributed by atoms with Gasteiger partial charge in [-0.2, -0.15) is 0 Å². The molecular weight excluding hydrogens is 400 g/mol. The fraction of sp³-hybridized carbons (Fsp3) is 0.350. The standard InChI is InChI=1S/C20H25ClN2O4S/c1-14(2)27-18-8-5-16(6-9-18)12-22-20(24)13-23(28(4,25)26)19-10-7-17(21)11-15(19)3/h5-11,14H,12-13H2,1-4H3,(H,22,24). The Bertz CT molecular complexity index is 928. The van der Waals surface area contributed by atoms with Crippen LogP contribution >= 0.6 is 11.6 Å². The molecule has 2 aromatic carbocycles. The minimum Gasteiger partial charge on any atom is -0.491 e. The van der Waals surface area contributed by atoms with Gasteiger partial charge in [0.2, 0.25) is 15.9 Å². The summed E-state index contributed by atoms with van der Waals surface area (Å²) in [4.78, 5) is 12.4. The number of hydrogen-bond acceptors (Lipinski definition) is 4. The first-order valence-electron chi connectivity index (χ1n) is 8.82. The monoisotopic (exact) mass is 424 g/mol. The van der Waals surface area contributed by atoms with E-state index in [1.54, 1.807) is 25.1 Å². The predicted octanol–water partition coefficient (Wildman–Crippen LogP) is 3.52. The van der Waals surface area contributed by atoms with Crippen LogP contribution in [0.2, 0.25) is 5.02 Å². The third-order valence-electron chi connectivity index (χ3n) is 3.90. The molecular formula is C20H25ClN2O4S. The quantitative estimate of drug-likeness (QED) is 0.703. The molecule has 1 amide bonds. The average Bonchev–Trinajstić information content (AvgIpc) is 2.58. The first-order chi connectivity index (χ1) is 13.1. The number of halogens is 1. The fourth-order valence-electron chi connectivity index (χ4n) is 2.62. The zero-order valence-electron chi connectivity index (χ0n) is 16.4. The maximum atomic E-state index is 12.4. The van der Waals surface area contributed by atoms with E-state index in [4.69, 9.17) is 16.3 Å². The highest BCUT2D eigenvalue weighted by Gasteiger charge is 2.22. The number of benzene rings is 2. The minimum atomic E-state index is -3.64. The highest BCUT2D eigenvalue weighted by molar-refractivity contribution is 7.92. The molecule has 1 N–H and O–H groups in total. The SMILES string of the molecule is Cc1cc(Cl)ccc1N(CC(=O)NCc1ccc(OC(C)C)cc1)S(C)(=O)=O. The van der Waals surface area contributed by atoms with Gasteiger partial charge in [-0.05, 0) is 62.2 Å². The maximum absolute atomic E-state index is 12.4. The minimum absolute atomic E-state index is 0.0869. The highest BCUT2D eigenvalue weighted by atomic mass is 35.5. The Balaban J connectivity index is 2.04. The van der Waals surface area contributed by atoms with Crippen molar-refractivity contribution in [3.05, 3.63) is 58.6 Å². The predicted molar refractivity (Wildman–Crippen MR) is 112 cm³/mol. The molecule has 0 aliphatic rings. The lowest BCUT2D eigenvalue weighted by molar-refractivity contribution is -0.119. The van der Waals surface area contributed by atoms with Crippen molar-refractivity contribution in [3.8, 4) is 5.75 Å². The molecule has 0 aliphatic carbocycles. The van der Waals surface area contributed by atoms with E-state index in [1.807, 2.05) is 38.1 Å². The van der Waals surface area contributed by atoms with Gasteiger partial charge < -0.3 is 10.1 Å². The number of carbonyl (C=O) groups excluding carboxylic acids is 1. The molecule has 0 atom stereocenters. The number of ether oxygens (including phenoxy) is 1. The van der Waals surface area contributed by atoms with Crippen LogP contribution in [0.1, 0.15) is 25.0 Å². The summed E-state index contributed by atoms with van der Waals surface area (Å²) in [5, 5.41) is 3.25. The van der Waals surface area contributed by atoms with Crippen molar-refractivity contribution >= 4 is 33.2 Å². The summed E-state index contributed by atoms with van der Waals surface area (Å²) in [6.45, 7) is 5.63. The van der Waals surface area contributed by atoms with E-state index in [1.165, 1.54) is 0 Å². The maximum Gasteiger partial charge on any atom is 0.241 e. The molecule has 0 aromatic heterocycles. The van der Waals surface area contributed by atoms with Gasteiger partial charge >= 0.3 is 0 Å². The normalized spacial score (nSPS) is 11.4. The second-order valence-corrected chi connectivity index (χ2v) is 9.13. The third kappa shape index (κ3) is 6.42. The zero-order valence-corrected chi connectivity index (χ0v) is 18.0. The number of nitrogens with one attached hydrogen (secondary N) is 1.